The third-order valence-corrected chi connectivity index (χ3v) is 6.21. The van der Waals surface area contributed by atoms with E-state index < -0.39 is 12.1 Å². The van der Waals surface area contributed by atoms with Crippen LogP contribution in [-0.2, 0) is 4.79 Å². The number of carbonyl (C=O) groups excluding carboxylic acids is 1. The van der Waals surface area contributed by atoms with E-state index in [1.54, 1.807) is 0 Å². The number of hydrogen-bond acceptors (Lipinski definition) is 4. The van der Waals surface area contributed by atoms with Crippen molar-refractivity contribution in [2.75, 3.05) is 6.61 Å². The van der Waals surface area contributed by atoms with E-state index in [1.807, 2.05) is 18.3 Å². The number of carboxylic acids is 1. The lowest BCUT2D eigenvalue weighted by molar-refractivity contribution is -0.591. The van der Waals surface area contributed by atoms with Gasteiger partial charge in [0.25, 0.3) is 0 Å². The summed E-state index contributed by atoms with van der Waals surface area (Å²) in [6.45, 7) is 2.74. The lowest BCUT2D eigenvalue weighted by Gasteiger charge is -2.03. The van der Waals surface area contributed by atoms with E-state index in [9.17, 15) is 13.2 Å². The van der Waals surface area contributed by atoms with Gasteiger partial charge in [-0.3, -0.25) is 0 Å². The van der Waals surface area contributed by atoms with Crippen LogP contribution in [0.1, 0.15) is 6.92 Å². The van der Waals surface area contributed by atoms with Crippen LogP contribution in [0.3, 0.4) is 0 Å². The molecular weight excluding hydrogens is 432 g/mol. The first-order valence-corrected chi connectivity index (χ1v) is 9.06. The van der Waals surface area contributed by atoms with Crippen molar-refractivity contribution in [2.24, 2.45) is 0 Å². The number of halogens is 4. The van der Waals surface area contributed by atoms with E-state index in [2.05, 4.69) is 41.8 Å². The van der Waals surface area contributed by atoms with Crippen LogP contribution < -0.4 is 31.0 Å². The van der Waals surface area contributed by atoms with Crippen LogP contribution in [-0.4, -0.2) is 18.8 Å². The minimum atomic E-state index is -5.19. The number of alkyl halides is 3. The topological polar surface area (TPSA) is 49.4 Å². The van der Waals surface area contributed by atoms with Crippen LogP contribution in [0.15, 0.2) is 41.8 Å². The van der Waals surface area contributed by atoms with E-state index in [4.69, 9.17) is 14.6 Å². The molecule has 2 aromatic rings. The van der Waals surface area contributed by atoms with E-state index in [0.717, 1.165) is 12.4 Å². The van der Waals surface area contributed by atoms with Crippen molar-refractivity contribution in [3.8, 4) is 5.75 Å². The molecule has 8 heteroatoms. The SMILES string of the molecule is CCOc1ccc([I+]c2cccs2)cc1.O=C([O-])C(F)(F)F. The Hall–Kier alpha value is -1.29. The van der Waals surface area contributed by atoms with Gasteiger partial charge in [0.1, 0.15) is 11.7 Å². The van der Waals surface area contributed by atoms with Crippen LogP contribution in [0.5, 0.6) is 5.75 Å². The predicted octanol–water partition coefficient (Wildman–Crippen LogP) is -0.426. The first-order chi connectivity index (χ1) is 10.3. The highest BCUT2D eigenvalue weighted by Gasteiger charge is 2.28. The van der Waals surface area contributed by atoms with E-state index in [-0.39, 0.29) is 21.2 Å². The molecule has 120 valence electrons. The molecule has 0 radical (unpaired) electrons. The molecule has 22 heavy (non-hydrogen) atoms. The molecular formula is C14H12F3IO3S. The average molecular weight is 444 g/mol. The number of hydrogen-bond donors (Lipinski definition) is 0. The van der Waals surface area contributed by atoms with Gasteiger partial charge in [0.05, 0.1) is 6.61 Å². The van der Waals surface area contributed by atoms with Gasteiger partial charge in [-0.05, 0) is 42.6 Å². The van der Waals surface area contributed by atoms with Gasteiger partial charge in [-0.25, -0.2) is 0 Å². The van der Waals surface area contributed by atoms with Gasteiger partial charge < -0.3 is 14.6 Å². The third kappa shape index (κ3) is 7.12. The second-order valence-electron chi connectivity index (χ2n) is 3.68. The van der Waals surface area contributed by atoms with E-state index in [0.29, 0.717) is 0 Å². The fourth-order valence-electron chi connectivity index (χ4n) is 1.18. The maximum atomic E-state index is 10.5. The molecule has 0 spiro atoms. The minimum absolute atomic E-state index is 0.00670. The lowest BCUT2D eigenvalue weighted by atomic mass is 10.3. The highest BCUT2D eigenvalue weighted by atomic mass is 127. The van der Waals surface area contributed by atoms with Gasteiger partial charge in [-0.1, -0.05) is 11.3 Å². The molecule has 0 amide bonds. The van der Waals surface area contributed by atoms with Crippen LogP contribution in [0.4, 0.5) is 13.2 Å². The van der Waals surface area contributed by atoms with Crippen molar-refractivity contribution < 1.29 is 49.0 Å². The number of thiophene rings is 1. The maximum Gasteiger partial charge on any atom is 0.430 e. The molecule has 0 unspecified atom stereocenters. The molecule has 0 aliphatic rings. The fraction of sp³-hybridized carbons (Fsp3) is 0.214. The average Bonchev–Trinajstić information content (AvgIpc) is 2.94. The smallest absolute Gasteiger partial charge is 0.430 e. The van der Waals surface area contributed by atoms with Crippen molar-refractivity contribution >= 4 is 17.3 Å². The Morgan fingerprint density at radius 3 is 2.27 bits per heavy atom. The largest absolute Gasteiger partial charge is 0.542 e. The zero-order valence-corrected chi connectivity index (χ0v) is 14.4. The maximum absolute atomic E-state index is 10.5. The van der Waals surface area contributed by atoms with Crippen molar-refractivity contribution in [2.45, 2.75) is 13.1 Å². The summed E-state index contributed by atoms with van der Waals surface area (Å²) in [5, 5.41) is 10.9. The van der Waals surface area contributed by atoms with Gasteiger partial charge in [0.2, 0.25) is 2.88 Å². The Balaban J connectivity index is 0.000000295. The standard InChI is InChI=1S/C12H12IOS.C2HF3O2/c1-2-14-11-7-5-10(6-8-11)13-12-4-3-9-15-12;3-2(4,5)1(6)7/h3-9H,2H2,1H3;(H,6,7)/q+1;/p-1. The number of benzene rings is 1. The van der Waals surface area contributed by atoms with Crippen LogP contribution in [0.25, 0.3) is 0 Å². The zero-order valence-electron chi connectivity index (χ0n) is 11.4. The number of aliphatic carboxylic acids is 1. The molecule has 0 saturated heterocycles. The van der Waals surface area contributed by atoms with Gasteiger partial charge in [-0.15, -0.1) is 0 Å². The lowest BCUT2D eigenvalue weighted by Crippen LogP contribution is -3.61. The highest BCUT2D eigenvalue weighted by molar-refractivity contribution is 7.07. The Kier molecular flexibility index (Phi) is 7.66. The molecule has 0 saturated carbocycles. The molecule has 3 nitrogen and oxygen atoms in total. The predicted molar refractivity (Wildman–Crippen MR) is 70.4 cm³/mol. The van der Waals surface area contributed by atoms with Crippen LogP contribution in [0, 0.1) is 6.45 Å². The summed E-state index contributed by atoms with van der Waals surface area (Å²) in [5.41, 5.74) is 0. The first-order valence-electron chi connectivity index (χ1n) is 6.02. The molecule has 0 aliphatic carbocycles. The summed E-state index contributed by atoms with van der Waals surface area (Å²) < 4.78 is 39.9. The molecule has 0 fully saturated rings. The Labute approximate surface area is 140 Å². The molecule has 0 atom stereocenters. The Morgan fingerprint density at radius 2 is 1.86 bits per heavy atom. The molecule has 1 aromatic heterocycles. The summed E-state index contributed by atoms with van der Waals surface area (Å²) >= 11 is 1.86. The molecule has 1 aromatic carbocycles. The first kappa shape index (κ1) is 18.8. The fourth-order valence-corrected chi connectivity index (χ4v) is 4.81. The van der Waals surface area contributed by atoms with Crippen LogP contribution in [0.2, 0.25) is 0 Å². The summed E-state index contributed by atoms with van der Waals surface area (Å²) in [5.74, 6) is -2.04. The molecule has 0 aliphatic heterocycles. The van der Waals surface area contributed by atoms with E-state index in [1.165, 1.54) is 6.45 Å². The van der Waals surface area contributed by atoms with Crippen molar-refractivity contribution in [3.63, 3.8) is 0 Å². The molecule has 2 rings (SSSR count). The summed E-state index contributed by atoms with van der Waals surface area (Å²) in [6, 6.07) is 12.8. The number of ether oxygens (including phenoxy) is 1. The van der Waals surface area contributed by atoms with Crippen molar-refractivity contribution in [1.29, 1.82) is 0 Å². The van der Waals surface area contributed by atoms with E-state index >= 15 is 0 Å². The number of carboxylic acid groups (broad SMARTS) is 1. The van der Waals surface area contributed by atoms with Crippen molar-refractivity contribution in [3.05, 3.63) is 48.2 Å². The minimum Gasteiger partial charge on any atom is -0.542 e. The van der Waals surface area contributed by atoms with Gasteiger partial charge >= 0.3 is 27.4 Å². The monoisotopic (exact) mass is 444 g/mol. The third-order valence-electron chi connectivity index (χ3n) is 2.04. The Bertz CT molecular complexity index is 568. The Morgan fingerprint density at radius 1 is 1.27 bits per heavy atom. The highest BCUT2D eigenvalue weighted by Crippen LogP contribution is 2.11. The van der Waals surface area contributed by atoms with Gasteiger partial charge in [-0.2, -0.15) is 13.2 Å². The number of carbonyl (C=O) groups is 1. The quantitative estimate of drug-likeness (QED) is 0.602. The number of rotatable bonds is 4. The summed E-state index contributed by atoms with van der Waals surface area (Å²) in [4.78, 5) is 8.78. The molecule has 0 bridgehead atoms. The van der Waals surface area contributed by atoms with Crippen LogP contribution >= 0.6 is 11.3 Å². The van der Waals surface area contributed by atoms with Gasteiger partial charge in [0.15, 0.2) is 3.57 Å². The molecule has 0 N–H and O–H groups in total. The normalized spacial score (nSPS) is 10.5. The second kappa shape index (κ2) is 8.99. The molecule has 1 heterocycles. The van der Waals surface area contributed by atoms with Gasteiger partial charge in [0, 0.05) is 6.07 Å². The second-order valence-corrected chi connectivity index (χ2v) is 8.31. The van der Waals surface area contributed by atoms with Crippen molar-refractivity contribution in [1.82, 2.24) is 0 Å². The zero-order chi connectivity index (χ0) is 16.6. The summed E-state index contributed by atoms with van der Waals surface area (Å²) in [6.07, 6.45) is -5.19. The summed E-state index contributed by atoms with van der Waals surface area (Å²) in [7, 11) is 0.